The van der Waals surface area contributed by atoms with E-state index < -0.39 is 0 Å². The molecule has 0 N–H and O–H groups in total. The lowest BCUT2D eigenvalue weighted by atomic mass is 10.1. The maximum Gasteiger partial charge on any atom is 0.260 e. The summed E-state index contributed by atoms with van der Waals surface area (Å²) in [6, 6.07) is 10.2. The topological polar surface area (TPSA) is 59.8 Å². The number of carbonyl (C=O) groups is 2. The van der Waals surface area contributed by atoms with E-state index in [9.17, 15) is 9.59 Å². The summed E-state index contributed by atoms with van der Waals surface area (Å²) in [5.41, 5.74) is 0.613. The number of ether oxygens (including phenoxy) is 1. The van der Waals surface area contributed by atoms with Crippen molar-refractivity contribution in [3.8, 4) is 5.75 Å². The summed E-state index contributed by atoms with van der Waals surface area (Å²) in [5, 5.41) is 0. The zero-order chi connectivity index (χ0) is 16.1. The van der Waals surface area contributed by atoms with Crippen LogP contribution >= 0.6 is 0 Å². The van der Waals surface area contributed by atoms with Gasteiger partial charge in [-0.15, -0.1) is 0 Å². The number of furan rings is 1. The lowest BCUT2D eigenvalue weighted by molar-refractivity contribution is -0.134. The van der Waals surface area contributed by atoms with E-state index in [1.54, 1.807) is 48.5 Å². The normalized spacial score (nSPS) is 11.8. The quantitative estimate of drug-likeness (QED) is 0.769. The number of ketones is 1. The van der Waals surface area contributed by atoms with Crippen LogP contribution in [0.25, 0.3) is 0 Å². The second kappa shape index (κ2) is 6.93. The lowest BCUT2D eigenvalue weighted by Crippen LogP contribution is -2.33. The van der Waals surface area contributed by atoms with Gasteiger partial charge in [0.15, 0.2) is 12.4 Å². The van der Waals surface area contributed by atoms with E-state index in [2.05, 4.69) is 0 Å². The minimum Gasteiger partial charge on any atom is -0.484 e. The summed E-state index contributed by atoms with van der Waals surface area (Å²) in [7, 11) is 1.71. The second-order valence-electron chi connectivity index (χ2n) is 5.07. The van der Waals surface area contributed by atoms with Crippen LogP contribution in [0.5, 0.6) is 5.75 Å². The number of likely N-dealkylation sites (N-methyl/N-ethyl adjacent to an activating group) is 1. The Bertz CT molecular complexity index is 631. The van der Waals surface area contributed by atoms with Crippen LogP contribution in [0.15, 0.2) is 47.1 Å². The Hall–Kier alpha value is -2.56. The van der Waals surface area contributed by atoms with E-state index >= 15 is 0 Å². The Labute approximate surface area is 129 Å². The van der Waals surface area contributed by atoms with Gasteiger partial charge < -0.3 is 14.1 Å². The molecular formula is C17H19NO4. The summed E-state index contributed by atoms with van der Waals surface area (Å²) >= 11 is 0. The van der Waals surface area contributed by atoms with Crippen molar-refractivity contribution in [2.75, 3.05) is 13.7 Å². The molecule has 1 heterocycles. The van der Waals surface area contributed by atoms with Crippen molar-refractivity contribution < 1.29 is 18.7 Å². The van der Waals surface area contributed by atoms with Gasteiger partial charge in [0.1, 0.15) is 11.5 Å². The minimum absolute atomic E-state index is 0.00497. The van der Waals surface area contributed by atoms with Gasteiger partial charge in [-0.2, -0.15) is 0 Å². The number of nitrogens with zero attached hydrogens (tertiary/aromatic N) is 1. The van der Waals surface area contributed by atoms with E-state index in [-0.39, 0.29) is 24.3 Å². The number of amides is 1. The third-order valence-electron chi connectivity index (χ3n) is 3.55. The van der Waals surface area contributed by atoms with E-state index in [4.69, 9.17) is 9.15 Å². The summed E-state index contributed by atoms with van der Waals surface area (Å²) in [4.78, 5) is 24.9. The molecule has 116 valence electrons. The van der Waals surface area contributed by atoms with Gasteiger partial charge in [0.2, 0.25) is 0 Å². The highest BCUT2D eigenvalue weighted by molar-refractivity contribution is 5.94. The third-order valence-corrected chi connectivity index (χ3v) is 3.55. The Balaban J connectivity index is 1.90. The van der Waals surface area contributed by atoms with Crippen LogP contribution < -0.4 is 4.74 Å². The Kier molecular flexibility index (Phi) is 4.99. The molecule has 1 atom stereocenters. The first kappa shape index (κ1) is 15.8. The van der Waals surface area contributed by atoms with Crippen LogP contribution in [0.4, 0.5) is 0 Å². The van der Waals surface area contributed by atoms with Gasteiger partial charge in [0, 0.05) is 12.6 Å². The number of rotatable bonds is 6. The third kappa shape index (κ3) is 3.75. The van der Waals surface area contributed by atoms with Gasteiger partial charge in [-0.1, -0.05) is 0 Å². The van der Waals surface area contributed by atoms with Crippen LogP contribution in [0.1, 0.15) is 36.0 Å². The van der Waals surface area contributed by atoms with Gasteiger partial charge in [-0.05, 0) is 50.2 Å². The molecule has 1 aromatic carbocycles. The van der Waals surface area contributed by atoms with Gasteiger partial charge >= 0.3 is 0 Å². The fraction of sp³-hybridized carbons (Fsp3) is 0.294. The summed E-state index contributed by atoms with van der Waals surface area (Å²) in [5.74, 6) is 1.12. The van der Waals surface area contributed by atoms with Gasteiger partial charge in [0.05, 0.1) is 12.3 Å². The van der Waals surface area contributed by atoms with Crippen molar-refractivity contribution in [3.05, 3.63) is 54.0 Å². The molecule has 2 rings (SSSR count). The van der Waals surface area contributed by atoms with E-state index in [1.807, 2.05) is 13.0 Å². The Morgan fingerprint density at radius 3 is 2.45 bits per heavy atom. The number of hydrogen-bond acceptors (Lipinski definition) is 4. The van der Waals surface area contributed by atoms with Gasteiger partial charge in [0.25, 0.3) is 5.91 Å². The number of carbonyl (C=O) groups excluding carboxylic acids is 2. The molecule has 1 unspecified atom stereocenters. The van der Waals surface area contributed by atoms with Crippen LogP contribution in [0.3, 0.4) is 0 Å². The first-order valence-corrected chi connectivity index (χ1v) is 7.02. The minimum atomic E-state index is -0.161. The van der Waals surface area contributed by atoms with Crippen LogP contribution in [0.2, 0.25) is 0 Å². The molecular weight excluding hydrogens is 282 g/mol. The maximum atomic E-state index is 12.1. The molecule has 0 saturated carbocycles. The first-order chi connectivity index (χ1) is 10.5. The molecule has 22 heavy (non-hydrogen) atoms. The monoisotopic (exact) mass is 301 g/mol. The molecule has 0 aliphatic heterocycles. The molecule has 5 nitrogen and oxygen atoms in total. The first-order valence-electron chi connectivity index (χ1n) is 7.02. The van der Waals surface area contributed by atoms with Crippen molar-refractivity contribution in [1.82, 2.24) is 4.90 Å². The molecule has 0 bridgehead atoms. The summed E-state index contributed by atoms with van der Waals surface area (Å²) in [6.45, 7) is 3.32. The number of benzene rings is 1. The fourth-order valence-corrected chi connectivity index (χ4v) is 1.97. The smallest absolute Gasteiger partial charge is 0.260 e. The van der Waals surface area contributed by atoms with Crippen LogP contribution in [-0.4, -0.2) is 30.2 Å². The van der Waals surface area contributed by atoms with Crippen molar-refractivity contribution in [2.45, 2.75) is 19.9 Å². The van der Waals surface area contributed by atoms with E-state index in [0.717, 1.165) is 5.76 Å². The van der Waals surface area contributed by atoms with Crippen molar-refractivity contribution >= 4 is 11.7 Å². The van der Waals surface area contributed by atoms with Crippen LogP contribution in [0, 0.1) is 0 Å². The SMILES string of the molecule is CC(=O)c1ccc(OCC(=O)N(C)C(C)c2ccco2)cc1. The molecule has 0 saturated heterocycles. The van der Waals surface area contributed by atoms with Gasteiger partial charge in [-0.25, -0.2) is 0 Å². The second-order valence-corrected chi connectivity index (χ2v) is 5.07. The zero-order valence-electron chi connectivity index (χ0n) is 12.9. The number of Topliss-reactive ketones (excluding diaryl/α,β-unsaturated/α-hetero) is 1. The Morgan fingerprint density at radius 2 is 1.91 bits per heavy atom. The van der Waals surface area contributed by atoms with E-state index in [1.165, 1.54) is 6.92 Å². The predicted octanol–water partition coefficient (Wildman–Crippen LogP) is 3.08. The van der Waals surface area contributed by atoms with Crippen molar-refractivity contribution in [2.24, 2.45) is 0 Å². The fourth-order valence-electron chi connectivity index (χ4n) is 1.97. The largest absolute Gasteiger partial charge is 0.484 e. The molecule has 2 aromatic rings. The molecule has 1 aromatic heterocycles. The standard InChI is InChI=1S/C17H19NO4/c1-12(16-5-4-10-21-16)18(3)17(20)11-22-15-8-6-14(7-9-15)13(2)19/h4-10,12H,11H2,1-3H3. The van der Waals surface area contributed by atoms with Gasteiger partial charge in [-0.3, -0.25) is 9.59 Å². The zero-order valence-corrected chi connectivity index (χ0v) is 12.9. The molecule has 0 aliphatic carbocycles. The molecule has 0 spiro atoms. The summed E-state index contributed by atoms with van der Waals surface area (Å²) < 4.78 is 10.8. The Morgan fingerprint density at radius 1 is 1.23 bits per heavy atom. The molecule has 0 fully saturated rings. The molecule has 0 radical (unpaired) electrons. The maximum absolute atomic E-state index is 12.1. The highest BCUT2D eigenvalue weighted by Gasteiger charge is 2.19. The van der Waals surface area contributed by atoms with Crippen LogP contribution in [-0.2, 0) is 4.79 Å². The molecule has 5 heteroatoms. The average molecular weight is 301 g/mol. The summed E-state index contributed by atoms with van der Waals surface area (Å²) in [6.07, 6.45) is 1.58. The predicted molar refractivity (Wildman–Crippen MR) is 81.8 cm³/mol. The highest BCUT2D eigenvalue weighted by Crippen LogP contribution is 2.19. The van der Waals surface area contributed by atoms with E-state index in [0.29, 0.717) is 11.3 Å². The number of hydrogen-bond donors (Lipinski definition) is 0. The highest BCUT2D eigenvalue weighted by atomic mass is 16.5. The lowest BCUT2D eigenvalue weighted by Gasteiger charge is -2.23. The molecule has 1 amide bonds. The van der Waals surface area contributed by atoms with Crippen molar-refractivity contribution in [1.29, 1.82) is 0 Å². The molecule has 0 aliphatic rings. The van der Waals surface area contributed by atoms with Crippen molar-refractivity contribution in [3.63, 3.8) is 0 Å². The average Bonchev–Trinajstić information content (AvgIpc) is 3.05.